The first-order valence-corrected chi connectivity index (χ1v) is 7.20. The van der Waals surface area contributed by atoms with Crippen LogP contribution < -0.4 is 5.32 Å². The van der Waals surface area contributed by atoms with Crippen LogP contribution in [0.3, 0.4) is 0 Å². The predicted octanol–water partition coefficient (Wildman–Crippen LogP) is 3.78. The Labute approximate surface area is 130 Å². The fourth-order valence-corrected chi connectivity index (χ4v) is 2.48. The van der Waals surface area contributed by atoms with Gasteiger partial charge >= 0.3 is 0 Å². The quantitative estimate of drug-likeness (QED) is 0.878. The third-order valence-electron chi connectivity index (χ3n) is 2.82. The van der Waals surface area contributed by atoms with Gasteiger partial charge in [0.25, 0.3) is 0 Å². The molecule has 2 N–H and O–H groups in total. The molecule has 20 heavy (non-hydrogen) atoms. The molecule has 0 spiro atoms. The van der Waals surface area contributed by atoms with Gasteiger partial charge in [-0.25, -0.2) is 0 Å². The van der Waals surface area contributed by atoms with Crippen LogP contribution in [-0.4, -0.2) is 11.0 Å². The Hall–Kier alpha value is -1.36. The minimum atomic E-state index is -0.137. The number of hydrogen-bond acceptors (Lipinski definition) is 2. The number of aliphatic hydroxyl groups excluding tert-OH is 1. The van der Waals surface area contributed by atoms with Crippen molar-refractivity contribution in [2.24, 2.45) is 0 Å². The third-order valence-corrected chi connectivity index (χ3v) is 3.92. The second kappa shape index (κ2) is 6.88. The van der Waals surface area contributed by atoms with Crippen LogP contribution in [0.15, 0.2) is 46.9 Å². The monoisotopic (exact) mass is 353 g/mol. The van der Waals surface area contributed by atoms with Crippen molar-refractivity contribution in [2.75, 3.05) is 5.32 Å². The first-order valence-electron chi connectivity index (χ1n) is 6.02. The largest absolute Gasteiger partial charge is 0.392 e. The van der Waals surface area contributed by atoms with Gasteiger partial charge in [0.1, 0.15) is 0 Å². The Morgan fingerprint density at radius 1 is 1.20 bits per heavy atom. The van der Waals surface area contributed by atoms with Gasteiger partial charge in [0.15, 0.2) is 0 Å². The Kier molecular flexibility index (Phi) is 5.17. The topological polar surface area (TPSA) is 49.3 Å². The molecule has 2 aromatic carbocycles. The maximum atomic E-state index is 12.0. The van der Waals surface area contributed by atoms with E-state index in [4.69, 9.17) is 16.7 Å². The molecule has 5 heteroatoms. The van der Waals surface area contributed by atoms with Gasteiger partial charge in [-0.15, -0.1) is 0 Å². The van der Waals surface area contributed by atoms with Crippen LogP contribution in [0.25, 0.3) is 0 Å². The van der Waals surface area contributed by atoms with E-state index < -0.39 is 0 Å². The van der Waals surface area contributed by atoms with Crippen molar-refractivity contribution in [1.29, 1.82) is 0 Å². The number of nitrogens with one attached hydrogen (secondary N) is 1. The van der Waals surface area contributed by atoms with Gasteiger partial charge in [-0.1, -0.05) is 51.8 Å². The molecule has 0 radical (unpaired) electrons. The number of amides is 1. The normalized spacial score (nSPS) is 10.3. The highest BCUT2D eigenvalue weighted by Gasteiger charge is 2.08. The van der Waals surface area contributed by atoms with Crippen molar-refractivity contribution in [3.05, 3.63) is 63.1 Å². The van der Waals surface area contributed by atoms with E-state index in [0.717, 1.165) is 15.6 Å². The van der Waals surface area contributed by atoms with Crippen LogP contribution in [-0.2, 0) is 17.8 Å². The molecule has 0 fully saturated rings. The molecule has 0 aromatic heterocycles. The van der Waals surface area contributed by atoms with Crippen molar-refractivity contribution in [3.63, 3.8) is 0 Å². The van der Waals surface area contributed by atoms with Crippen molar-refractivity contribution in [1.82, 2.24) is 0 Å². The van der Waals surface area contributed by atoms with Crippen LogP contribution in [0.2, 0.25) is 5.02 Å². The van der Waals surface area contributed by atoms with Crippen molar-refractivity contribution < 1.29 is 9.90 Å². The summed E-state index contributed by atoms with van der Waals surface area (Å²) in [5, 5.41) is 12.5. The van der Waals surface area contributed by atoms with E-state index in [-0.39, 0.29) is 18.9 Å². The van der Waals surface area contributed by atoms with Crippen molar-refractivity contribution >= 4 is 39.1 Å². The number of benzene rings is 2. The Morgan fingerprint density at radius 2 is 1.95 bits per heavy atom. The highest BCUT2D eigenvalue weighted by Crippen LogP contribution is 2.22. The molecule has 0 saturated carbocycles. The second-order valence-electron chi connectivity index (χ2n) is 4.28. The highest BCUT2D eigenvalue weighted by atomic mass is 79.9. The highest BCUT2D eigenvalue weighted by molar-refractivity contribution is 9.10. The van der Waals surface area contributed by atoms with Crippen LogP contribution >= 0.6 is 27.5 Å². The number of anilines is 1. The molecule has 0 heterocycles. The van der Waals surface area contributed by atoms with Crippen molar-refractivity contribution in [2.45, 2.75) is 13.0 Å². The summed E-state index contributed by atoms with van der Waals surface area (Å²) >= 11 is 9.36. The number of aliphatic hydroxyl groups is 1. The maximum absolute atomic E-state index is 12.0. The van der Waals surface area contributed by atoms with Gasteiger partial charge in [-0.05, 0) is 29.3 Å². The summed E-state index contributed by atoms with van der Waals surface area (Å²) < 4.78 is 0.760. The molecular weight excluding hydrogens is 342 g/mol. The van der Waals surface area contributed by atoms with Gasteiger partial charge in [-0.2, -0.15) is 0 Å². The van der Waals surface area contributed by atoms with Gasteiger partial charge in [-0.3, -0.25) is 4.79 Å². The number of halogens is 2. The van der Waals surface area contributed by atoms with E-state index in [0.29, 0.717) is 10.7 Å². The van der Waals surface area contributed by atoms with E-state index in [1.54, 1.807) is 24.3 Å². The van der Waals surface area contributed by atoms with Crippen LogP contribution in [0, 0.1) is 0 Å². The summed E-state index contributed by atoms with van der Waals surface area (Å²) in [6.45, 7) is -0.0472. The molecule has 104 valence electrons. The molecular formula is C15H13BrClNO2. The number of rotatable bonds is 4. The molecule has 3 nitrogen and oxygen atoms in total. The lowest BCUT2D eigenvalue weighted by molar-refractivity contribution is -0.115. The van der Waals surface area contributed by atoms with Crippen LogP contribution in [0.1, 0.15) is 11.1 Å². The summed E-state index contributed by atoms with van der Waals surface area (Å²) in [5.74, 6) is -0.137. The summed E-state index contributed by atoms with van der Waals surface area (Å²) in [6, 6.07) is 12.5. The van der Waals surface area contributed by atoms with Gasteiger partial charge < -0.3 is 10.4 Å². The Balaban J connectivity index is 2.05. The van der Waals surface area contributed by atoms with Crippen molar-refractivity contribution in [3.8, 4) is 0 Å². The molecule has 0 aliphatic heterocycles. The van der Waals surface area contributed by atoms with Gasteiger partial charge in [0.05, 0.1) is 13.0 Å². The first-order chi connectivity index (χ1) is 9.60. The minimum Gasteiger partial charge on any atom is -0.392 e. The summed E-state index contributed by atoms with van der Waals surface area (Å²) in [4.78, 5) is 12.0. The average molecular weight is 355 g/mol. The van der Waals surface area contributed by atoms with E-state index in [1.165, 1.54) is 0 Å². The Morgan fingerprint density at radius 3 is 2.60 bits per heavy atom. The van der Waals surface area contributed by atoms with E-state index >= 15 is 0 Å². The van der Waals surface area contributed by atoms with Gasteiger partial charge in [0, 0.05) is 15.2 Å². The summed E-state index contributed by atoms with van der Waals surface area (Å²) in [6.07, 6.45) is 0.221. The molecule has 0 aliphatic carbocycles. The average Bonchev–Trinajstić information content (AvgIpc) is 2.41. The zero-order chi connectivity index (χ0) is 14.5. The molecule has 0 bridgehead atoms. The maximum Gasteiger partial charge on any atom is 0.228 e. The molecule has 1 amide bonds. The summed E-state index contributed by atoms with van der Waals surface area (Å²) in [7, 11) is 0. The lowest BCUT2D eigenvalue weighted by Gasteiger charge is -2.08. The second-order valence-corrected chi connectivity index (χ2v) is 5.54. The fourth-order valence-electron chi connectivity index (χ4n) is 1.77. The molecule has 2 aromatic rings. The van der Waals surface area contributed by atoms with E-state index in [1.807, 2.05) is 18.2 Å². The standard InChI is InChI=1S/C15H13BrClNO2/c16-13-8-12(6-5-11(13)9-19)18-15(20)7-10-3-1-2-4-14(10)17/h1-6,8,19H,7,9H2,(H,18,20). The zero-order valence-electron chi connectivity index (χ0n) is 10.6. The Bertz CT molecular complexity index is 631. The number of carbonyl (C=O) groups is 1. The molecule has 2 rings (SSSR count). The molecule has 0 atom stereocenters. The first kappa shape index (κ1) is 15.0. The smallest absolute Gasteiger partial charge is 0.228 e. The SMILES string of the molecule is O=C(Cc1ccccc1Cl)Nc1ccc(CO)c(Br)c1. The van der Waals surface area contributed by atoms with Crippen LogP contribution in [0.5, 0.6) is 0 Å². The predicted molar refractivity (Wildman–Crippen MR) is 83.9 cm³/mol. The fraction of sp³-hybridized carbons (Fsp3) is 0.133. The lowest BCUT2D eigenvalue weighted by atomic mass is 10.1. The third kappa shape index (κ3) is 3.82. The summed E-state index contributed by atoms with van der Waals surface area (Å²) in [5.41, 5.74) is 2.23. The minimum absolute atomic E-state index is 0.0472. The number of hydrogen-bond donors (Lipinski definition) is 2. The van der Waals surface area contributed by atoms with Crippen LogP contribution in [0.4, 0.5) is 5.69 Å². The molecule has 0 aliphatic rings. The molecule has 0 unspecified atom stereocenters. The zero-order valence-corrected chi connectivity index (χ0v) is 12.9. The van der Waals surface area contributed by atoms with E-state index in [2.05, 4.69) is 21.2 Å². The molecule has 0 saturated heterocycles. The van der Waals surface area contributed by atoms with E-state index in [9.17, 15) is 4.79 Å². The number of carbonyl (C=O) groups excluding carboxylic acids is 1. The lowest BCUT2D eigenvalue weighted by Crippen LogP contribution is -2.14. The van der Waals surface area contributed by atoms with Gasteiger partial charge in [0.2, 0.25) is 5.91 Å².